The van der Waals surface area contributed by atoms with E-state index in [9.17, 15) is 4.79 Å². The lowest BCUT2D eigenvalue weighted by atomic mass is 10.2. The lowest BCUT2D eigenvalue weighted by Crippen LogP contribution is -2.32. The molecule has 0 spiro atoms. The highest BCUT2D eigenvalue weighted by molar-refractivity contribution is 5.93. The highest BCUT2D eigenvalue weighted by Crippen LogP contribution is 2.17. The summed E-state index contributed by atoms with van der Waals surface area (Å²) in [6.07, 6.45) is 2.08. The summed E-state index contributed by atoms with van der Waals surface area (Å²) in [6, 6.07) is 5.90. The first-order chi connectivity index (χ1) is 9.54. The highest BCUT2D eigenvalue weighted by Gasteiger charge is 2.16. The van der Waals surface area contributed by atoms with Gasteiger partial charge in [0.25, 0.3) is 5.91 Å². The van der Waals surface area contributed by atoms with Crippen LogP contribution in [0.5, 0.6) is 0 Å². The van der Waals surface area contributed by atoms with Gasteiger partial charge in [0.05, 0.1) is 12.5 Å². The molecule has 0 bridgehead atoms. The lowest BCUT2D eigenvalue weighted by molar-refractivity contribution is 0.0767. The zero-order chi connectivity index (χ0) is 15.1. The van der Waals surface area contributed by atoms with Gasteiger partial charge < -0.3 is 9.80 Å². The summed E-state index contributed by atoms with van der Waals surface area (Å²) in [6.45, 7) is 7.22. The third-order valence-electron chi connectivity index (χ3n) is 3.47. The molecule has 0 saturated carbocycles. The van der Waals surface area contributed by atoms with Crippen molar-refractivity contribution in [2.75, 3.05) is 25.0 Å². The summed E-state index contributed by atoms with van der Waals surface area (Å²) in [5.74, 6) is -0.0572. The number of amides is 1. The predicted octanol–water partition coefficient (Wildman–Crippen LogP) is 2.30. The fourth-order valence-corrected chi connectivity index (χ4v) is 1.95. The first-order valence-corrected chi connectivity index (χ1v) is 6.90. The second-order valence-electron chi connectivity index (χ2n) is 4.70. The number of carbonyl (C=O) groups is 1. The van der Waals surface area contributed by atoms with E-state index < -0.39 is 0 Å². The van der Waals surface area contributed by atoms with Crippen molar-refractivity contribution in [2.45, 2.75) is 33.2 Å². The molecular weight excluding hydrogens is 252 g/mol. The molecule has 0 aliphatic carbocycles. The van der Waals surface area contributed by atoms with Crippen molar-refractivity contribution in [3.05, 3.63) is 24.0 Å². The summed E-state index contributed by atoms with van der Waals surface area (Å²) in [4.78, 5) is 20.2. The molecule has 0 N–H and O–H groups in total. The van der Waals surface area contributed by atoms with Gasteiger partial charge in [-0.25, -0.2) is 0 Å². The molecule has 108 valence electrons. The van der Waals surface area contributed by atoms with E-state index in [-0.39, 0.29) is 11.9 Å². The van der Waals surface area contributed by atoms with Gasteiger partial charge in [-0.05, 0) is 32.9 Å². The molecule has 1 atom stereocenters. The van der Waals surface area contributed by atoms with Crippen LogP contribution in [0.3, 0.4) is 0 Å². The Balaban J connectivity index is 2.96. The predicted molar refractivity (Wildman–Crippen MR) is 79.6 cm³/mol. The Morgan fingerprint density at radius 3 is 2.65 bits per heavy atom. The standard InChI is InChI=1S/C15H22N4O/c1-5-19(6-2)15(20)14-11-13(8-10-17-14)18(4)12(3)7-9-16/h8,10-12H,5-7H2,1-4H3. The molecule has 1 aromatic rings. The second-order valence-corrected chi connectivity index (χ2v) is 4.70. The molecule has 0 fully saturated rings. The smallest absolute Gasteiger partial charge is 0.272 e. The number of hydrogen-bond acceptors (Lipinski definition) is 4. The summed E-state index contributed by atoms with van der Waals surface area (Å²) in [7, 11) is 1.92. The molecule has 0 aliphatic rings. The molecule has 0 aromatic carbocycles. The van der Waals surface area contributed by atoms with Crippen LogP contribution >= 0.6 is 0 Å². The molecule has 1 aromatic heterocycles. The van der Waals surface area contributed by atoms with Crippen molar-refractivity contribution >= 4 is 11.6 Å². The topological polar surface area (TPSA) is 60.2 Å². The maximum Gasteiger partial charge on any atom is 0.272 e. The van der Waals surface area contributed by atoms with Crippen LogP contribution in [0, 0.1) is 11.3 Å². The zero-order valence-electron chi connectivity index (χ0n) is 12.6. The minimum atomic E-state index is -0.0572. The van der Waals surface area contributed by atoms with Gasteiger partial charge in [0, 0.05) is 38.1 Å². The molecule has 20 heavy (non-hydrogen) atoms. The number of aromatic nitrogens is 1. The minimum Gasteiger partial charge on any atom is -0.371 e. The monoisotopic (exact) mass is 274 g/mol. The number of nitrogens with zero attached hydrogens (tertiary/aromatic N) is 4. The largest absolute Gasteiger partial charge is 0.371 e. The van der Waals surface area contributed by atoms with Gasteiger partial charge >= 0.3 is 0 Å². The van der Waals surface area contributed by atoms with E-state index >= 15 is 0 Å². The third kappa shape index (κ3) is 3.70. The number of rotatable bonds is 6. The number of carbonyl (C=O) groups excluding carboxylic acids is 1. The first kappa shape index (κ1) is 16.0. The maximum absolute atomic E-state index is 12.3. The molecule has 1 heterocycles. The van der Waals surface area contributed by atoms with Gasteiger partial charge in [-0.3, -0.25) is 9.78 Å². The van der Waals surface area contributed by atoms with E-state index in [1.807, 2.05) is 38.8 Å². The van der Waals surface area contributed by atoms with Crippen molar-refractivity contribution in [1.82, 2.24) is 9.88 Å². The van der Waals surface area contributed by atoms with Gasteiger partial charge in [0.15, 0.2) is 0 Å². The summed E-state index contributed by atoms with van der Waals surface area (Å²) >= 11 is 0. The van der Waals surface area contributed by atoms with Crippen molar-refractivity contribution < 1.29 is 4.79 Å². The van der Waals surface area contributed by atoms with Crippen LogP contribution in [0.1, 0.15) is 37.7 Å². The average Bonchev–Trinajstić information content (AvgIpc) is 2.48. The van der Waals surface area contributed by atoms with E-state index in [1.165, 1.54) is 0 Å². The van der Waals surface area contributed by atoms with Crippen LogP contribution in [0.2, 0.25) is 0 Å². The maximum atomic E-state index is 12.3. The van der Waals surface area contributed by atoms with E-state index in [0.29, 0.717) is 25.2 Å². The minimum absolute atomic E-state index is 0.0572. The van der Waals surface area contributed by atoms with E-state index in [2.05, 4.69) is 11.1 Å². The van der Waals surface area contributed by atoms with Crippen molar-refractivity contribution in [1.29, 1.82) is 5.26 Å². The molecule has 5 heteroatoms. The SMILES string of the molecule is CCN(CC)C(=O)c1cc(N(C)C(C)CC#N)ccn1. The van der Waals surface area contributed by atoms with Gasteiger partial charge in [0.1, 0.15) is 5.69 Å². The van der Waals surface area contributed by atoms with Crippen LogP contribution in [-0.4, -0.2) is 42.0 Å². The van der Waals surface area contributed by atoms with Crippen LogP contribution in [0.25, 0.3) is 0 Å². The Morgan fingerprint density at radius 1 is 1.45 bits per heavy atom. The fraction of sp³-hybridized carbons (Fsp3) is 0.533. The van der Waals surface area contributed by atoms with Crippen LogP contribution in [-0.2, 0) is 0 Å². The van der Waals surface area contributed by atoms with Gasteiger partial charge in [-0.2, -0.15) is 5.26 Å². The Kier molecular flexibility index (Phi) is 5.98. The third-order valence-corrected chi connectivity index (χ3v) is 3.47. The molecule has 0 aliphatic heterocycles. The summed E-state index contributed by atoms with van der Waals surface area (Å²) in [5.41, 5.74) is 1.35. The quantitative estimate of drug-likeness (QED) is 0.798. The summed E-state index contributed by atoms with van der Waals surface area (Å²) < 4.78 is 0. The zero-order valence-corrected chi connectivity index (χ0v) is 12.6. The average molecular weight is 274 g/mol. The molecule has 1 amide bonds. The van der Waals surface area contributed by atoms with Crippen LogP contribution in [0.15, 0.2) is 18.3 Å². The van der Waals surface area contributed by atoms with Gasteiger partial charge in [-0.1, -0.05) is 0 Å². The Bertz CT molecular complexity index is 491. The van der Waals surface area contributed by atoms with E-state index in [1.54, 1.807) is 17.2 Å². The first-order valence-electron chi connectivity index (χ1n) is 6.90. The highest BCUT2D eigenvalue weighted by atomic mass is 16.2. The molecule has 5 nitrogen and oxygen atoms in total. The molecular formula is C15H22N4O. The van der Waals surface area contributed by atoms with Gasteiger partial charge in [-0.15, -0.1) is 0 Å². The number of anilines is 1. The lowest BCUT2D eigenvalue weighted by Gasteiger charge is -2.26. The van der Waals surface area contributed by atoms with Crippen molar-refractivity contribution in [3.8, 4) is 6.07 Å². The second kappa shape index (κ2) is 7.49. The summed E-state index contributed by atoms with van der Waals surface area (Å²) in [5, 5.41) is 8.76. The van der Waals surface area contributed by atoms with E-state index in [4.69, 9.17) is 5.26 Å². The van der Waals surface area contributed by atoms with Gasteiger partial charge in [0.2, 0.25) is 0 Å². The molecule has 1 rings (SSSR count). The Morgan fingerprint density at radius 2 is 2.10 bits per heavy atom. The van der Waals surface area contributed by atoms with Crippen LogP contribution in [0.4, 0.5) is 5.69 Å². The molecule has 0 saturated heterocycles. The number of nitriles is 1. The number of hydrogen-bond donors (Lipinski definition) is 0. The normalized spacial score (nSPS) is 11.6. The fourth-order valence-electron chi connectivity index (χ4n) is 1.95. The molecule has 1 unspecified atom stereocenters. The Labute approximate surface area is 120 Å². The van der Waals surface area contributed by atoms with Crippen molar-refractivity contribution in [2.24, 2.45) is 0 Å². The molecule has 0 radical (unpaired) electrons. The Hall–Kier alpha value is -2.09. The van der Waals surface area contributed by atoms with E-state index in [0.717, 1.165) is 5.69 Å². The number of pyridine rings is 1. The van der Waals surface area contributed by atoms with Crippen LogP contribution < -0.4 is 4.90 Å². The van der Waals surface area contributed by atoms with Crippen molar-refractivity contribution in [3.63, 3.8) is 0 Å².